The van der Waals surface area contributed by atoms with E-state index in [-0.39, 0.29) is 0 Å². The number of pyridine rings is 2. The molecule has 0 aliphatic heterocycles. The molecule has 2 aliphatic carbocycles. The fraction of sp³-hybridized carbons (Fsp3) is 0.419. The fourth-order valence-electron chi connectivity index (χ4n) is 5.53. The van der Waals surface area contributed by atoms with Crippen LogP contribution in [0.2, 0.25) is 0 Å². The maximum atomic E-state index is 6.13. The molecule has 4 nitrogen and oxygen atoms in total. The van der Waals surface area contributed by atoms with Crippen LogP contribution in [0.1, 0.15) is 78.1 Å². The van der Waals surface area contributed by atoms with Crippen LogP contribution in [-0.2, 0) is 25.9 Å². The monoisotopic (exact) mass is 468 g/mol. The van der Waals surface area contributed by atoms with Gasteiger partial charge in [-0.15, -0.1) is 6.58 Å². The van der Waals surface area contributed by atoms with Crippen molar-refractivity contribution in [2.24, 2.45) is 5.92 Å². The van der Waals surface area contributed by atoms with Gasteiger partial charge in [-0.1, -0.05) is 36.8 Å². The van der Waals surface area contributed by atoms with E-state index < -0.39 is 0 Å². The molecule has 0 saturated carbocycles. The molecule has 2 atom stereocenters. The number of fused-ring (bicyclic) bond motifs is 2. The maximum Gasteiger partial charge on any atom is 0.213 e. The van der Waals surface area contributed by atoms with Gasteiger partial charge < -0.3 is 9.47 Å². The van der Waals surface area contributed by atoms with Crippen LogP contribution in [0.5, 0.6) is 11.8 Å². The zero-order valence-corrected chi connectivity index (χ0v) is 21.3. The Morgan fingerprint density at radius 3 is 2.69 bits per heavy atom. The van der Waals surface area contributed by atoms with E-state index in [1.807, 2.05) is 19.2 Å². The van der Waals surface area contributed by atoms with Gasteiger partial charge in [0.15, 0.2) is 0 Å². The van der Waals surface area contributed by atoms with Crippen LogP contribution >= 0.6 is 0 Å². The summed E-state index contributed by atoms with van der Waals surface area (Å²) in [4.78, 5) is 9.32. The molecule has 0 bridgehead atoms. The summed E-state index contributed by atoms with van der Waals surface area (Å²) in [6, 6.07) is 13.2. The van der Waals surface area contributed by atoms with Crippen molar-refractivity contribution >= 4 is 0 Å². The molecule has 35 heavy (non-hydrogen) atoms. The van der Waals surface area contributed by atoms with Crippen molar-refractivity contribution in [3.05, 3.63) is 93.8 Å². The van der Waals surface area contributed by atoms with Crippen LogP contribution in [0.25, 0.3) is 0 Å². The van der Waals surface area contributed by atoms with Crippen LogP contribution in [0.15, 0.2) is 54.7 Å². The minimum Gasteiger partial charge on any atom is -0.477 e. The van der Waals surface area contributed by atoms with Crippen molar-refractivity contribution in [2.45, 2.75) is 71.8 Å². The molecule has 0 fully saturated rings. The smallest absolute Gasteiger partial charge is 0.213 e. The molecule has 5 rings (SSSR count). The van der Waals surface area contributed by atoms with Gasteiger partial charge in [0.05, 0.1) is 6.61 Å². The van der Waals surface area contributed by atoms with Crippen molar-refractivity contribution in [1.82, 2.24) is 9.97 Å². The van der Waals surface area contributed by atoms with Crippen LogP contribution in [0.3, 0.4) is 0 Å². The molecule has 1 aromatic carbocycles. The van der Waals surface area contributed by atoms with Crippen LogP contribution in [0.4, 0.5) is 0 Å². The first-order valence-electron chi connectivity index (χ1n) is 12.9. The molecule has 2 aliphatic rings. The van der Waals surface area contributed by atoms with Crippen molar-refractivity contribution in [3.8, 4) is 11.8 Å². The van der Waals surface area contributed by atoms with Gasteiger partial charge in [-0.2, -0.15) is 0 Å². The Morgan fingerprint density at radius 2 is 1.86 bits per heavy atom. The Balaban J connectivity index is 1.31. The summed E-state index contributed by atoms with van der Waals surface area (Å²) in [5.74, 6) is 2.49. The van der Waals surface area contributed by atoms with E-state index in [4.69, 9.17) is 14.5 Å². The molecular formula is C31H36N2O2. The van der Waals surface area contributed by atoms with E-state index in [0.29, 0.717) is 30.9 Å². The molecule has 2 heterocycles. The van der Waals surface area contributed by atoms with Crippen LogP contribution in [-0.4, -0.2) is 16.6 Å². The Labute approximate surface area is 209 Å². The van der Waals surface area contributed by atoms with Gasteiger partial charge in [0.1, 0.15) is 6.61 Å². The van der Waals surface area contributed by atoms with Crippen LogP contribution < -0.4 is 9.47 Å². The summed E-state index contributed by atoms with van der Waals surface area (Å²) in [6.07, 6.45) is 8.57. The van der Waals surface area contributed by atoms with Gasteiger partial charge in [-0.3, -0.25) is 0 Å². The number of rotatable bonds is 8. The van der Waals surface area contributed by atoms with Gasteiger partial charge in [-0.05, 0) is 85.3 Å². The van der Waals surface area contributed by atoms with Crippen molar-refractivity contribution < 1.29 is 9.47 Å². The summed E-state index contributed by atoms with van der Waals surface area (Å²) in [5.41, 5.74) is 10.3. The topological polar surface area (TPSA) is 44.2 Å². The summed E-state index contributed by atoms with van der Waals surface area (Å²) in [7, 11) is 0. The molecule has 4 heteroatoms. The average molecular weight is 469 g/mol. The Hall–Kier alpha value is -3.14. The molecule has 2 unspecified atom stereocenters. The summed E-state index contributed by atoms with van der Waals surface area (Å²) < 4.78 is 12.0. The van der Waals surface area contributed by atoms with Crippen molar-refractivity contribution in [3.63, 3.8) is 0 Å². The molecule has 0 N–H and O–H groups in total. The second-order valence-corrected chi connectivity index (χ2v) is 10.5. The first-order valence-corrected chi connectivity index (χ1v) is 12.9. The summed E-state index contributed by atoms with van der Waals surface area (Å²) in [6.45, 7) is 11.5. The zero-order valence-electron chi connectivity index (χ0n) is 21.3. The minimum absolute atomic E-state index is 0.357. The van der Waals surface area contributed by atoms with Crippen molar-refractivity contribution in [1.29, 1.82) is 0 Å². The first kappa shape index (κ1) is 23.6. The molecule has 0 amide bonds. The molecule has 182 valence electrons. The predicted octanol–water partition coefficient (Wildman–Crippen LogP) is 6.91. The van der Waals surface area contributed by atoms with E-state index >= 15 is 0 Å². The van der Waals surface area contributed by atoms with Gasteiger partial charge >= 0.3 is 0 Å². The molecule has 2 aromatic heterocycles. The van der Waals surface area contributed by atoms with Gasteiger partial charge in [-0.25, -0.2) is 9.97 Å². The van der Waals surface area contributed by atoms with Crippen LogP contribution in [0, 0.1) is 12.8 Å². The molecule has 3 aromatic rings. The molecule has 0 radical (unpaired) electrons. The predicted molar refractivity (Wildman–Crippen MR) is 140 cm³/mol. The van der Waals surface area contributed by atoms with E-state index in [9.17, 15) is 0 Å². The highest BCUT2D eigenvalue weighted by Gasteiger charge is 2.24. The molecule has 0 spiro atoms. The molecule has 0 saturated heterocycles. The highest BCUT2D eigenvalue weighted by atomic mass is 16.5. The highest BCUT2D eigenvalue weighted by Crippen LogP contribution is 2.39. The number of nitrogens with zero attached hydrogens (tertiary/aromatic N) is 2. The largest absolute Gasteiger partial charge is 0.477 e. The second kappa shape index (κ2) is 10.2. The number of aryl methyl sites for hydroxylation is 2. The van der Waals surface area contributed by atoms with E-state index in [1.165, 1.54) is 39.8 Å². The molecular weight excluding hydrogens is 432 g/mol. The third kappa shape index (κ3) is 5.42. The summed E-state index contributed by atoms with van der Waals surface area (Å²) in [5, 5.41) is 0. The lowest BCUT2D eigenvalue weighted by Gasteiger charge is -2.27. The standard InChI is InChI=1S/C31H36N2O2/c1-20(2)12-13-34-30-11-10-27(22(4)33-30)28-7-5-6-24-9-8-23(16-29(24)28)19-35-31-17-25-14-21(3)15-26(25)18-32-31/h8-11,16-18,21,28H,1,5-7,12-15,19H2,2-4H3. The third-order valence-corrected chi connectivity index (χ3v) is 7.36. The SMILES string of the molecule is C=C(C)CCOc1ccc(C2CCCc3ccc(COc4cc5c(cn4)CC(C)C5)cc32)c(C)n1. The lowest BCUT2D eigenvalue weighted by atomic mass is 9.78. The Bertz CT molecular complexity index is 1230. The number of hydrogen-bond acceptors (Lipinski definition) is 4. The lowest BCUT2D eigenvalue weighted by molar-refractivity contribution is 0.293. The highest BCUT2D eigenvalue weighted by molar-refractivity contribution is 5.44. The number of hydrogen-bond donors (Lipinski definition) is 0. The normalized spacial score (nSPS) is 18.6. The summed E-state index contributed by atoms with van der Waals surface area (Å²) >= 11 is 0. The quantitative estimate of drug-likeness (QED) is 0.337. The Morgan fingerprint density at radius 1 is 1.00 bits per heavy atom. The van der Waals surface area contributed by atoms with E-state index in [1.54, 1.807) is 0 Å². The first-order chi connectivity index (χ1) is 17.0. The maximum absolute atomic E-state index is 6.13. The van der Waals surface area contributed by atoms with Gasteiger partial charge in [0, 0.05) is 36.4 Å². The Kier molecular flexibility index (Phi) is 6.90. The van der Waals surface area contributed by atoms with Gasteiger partial charge in [0.2, 0.25) is 11.8 Å². The number of ether oxygens (including phenoxy) is 2. The number of aromatic nitrogens is 2. The lowest BCUT2D eigenvalue weighted by Crippen LogP contribution is -2.14. The third-order valence-electron chi connectivity index (χ3n) is 7.36. The zero-order chi connectivity index (χ0) is 24.4. The van der Waals surface area contributed by atoms with E-state index in [2.05, 4.69) is 55.7 Å². The van der Waals surface area contributed by atoms with Gasteiger partial charge in [0.25, 0.3) is 0 Å². The van der Waals surface area contributed by atoms with E-state index in [0.717, 1.165) is 49.3 Å². The second-order valence-electron chi connectivity index (χ2n) is 10.5. The fourth-order valence-corrected chi connectivity index (χ4v) is 5.53. The number of benzene rings is 1. The average Bonchev–Trinajstić information content (AvgIpc) is 3.21. The van der Waals surface area contributed by atoms with Crippen molar-refractivity contribution in [2.75, 3.05) is 6.61 Å². The minimum atomic E-state index is 0.357.